The molecule has 0 spiro atoms. The van der Waals surface area contributed by atoms with Crippen LogP contribution in [0, 0.1) is 11.3 Å². The molecule has 1 amide bonds. The Morgan fingerprint density at radius 1 is 1.17 bits per heavy atom. The Bertz CT molecular complexity index is 637. The summed E-state index contributed by atoms with van der Waals surface area (Å²) in [6.45, 7) is 4.22. The molecule has 6 heteroatoms. The predicted octanol–water partition coefficient (Wildman–Crippen LogP) is 1.28. The lowest BCUT2D eigenvalue weighted by Crippen LogP contribution is -2.51. The fourth-order valence-electron chi connectivity index (χ4n) is 4.98. The fraction of sp³-hybridized carbons (Fsp3) is 0.824. The van der Waals surface area contributed by atoms with Gasteiger partial charge >= 0.3 is 0 Å². The van der Waals surface area contributed by atoms with Gasteiger partial charge in [0.05, 0.1) is 12.0 Å². The van der Waals surface area contributed by atoms with Crippen molar-refractivity contribution in [3.63, 3.8) is 0 Å². The SMILES string of the molecule is O=C(N1CCn2c(nnc2C2CC2)C1)[C@@]12CCCC[C@H]1CNC2. The molecule has 1 N–H and O–H groups in total. The van der Waals surface area contributed by atoms with Crippen molar-refractivity contribution in [1.82, 2.24) is 25.0 Å². The number of fused-ring (bicyclic) bond motifs is 2. The summed E-state index contributed by atoms with van der Waals surface area (Å²) in [7, 11) is 0. The molecular weight excluding hydrogens is 290 g/mol. The van der Waals surface area contributed by atoms with E-state index in [1.807, 2.05) is 0 Å². The number of carbonyl (C=O) groups is 1. The van der Waals surface area contributed by atoms with Crippen LogP contribution in [-0.4, -0.2) is 45.2 Å². The smallest absolute Gasteiger partial charge is 0.230 e. The van der Waals surface area contributed by atoms with Gasteiger partial charge in [0.2, 0.25) is 5.91 Å². The molecule has 2 aliphatic heterocycles. The average Bonchev–Trinajstić information content (AvgIpc) is 3.19. The molecule has 1 aromatic rings. The van der Waals surface area contributed by atoms with Crippen molar-refractivity contribution in [2.45, 2.75) is 57.5 Å². The third-order valence-corrected chi connectivity index (χ3v) is 6.48. The van der Waals surface area contributed by atoms with Crippen LogP contribution in [0.2, 0.25) is 0 Å². The molecule has 6 nitrogen and oxygen atoms in total. The van der Waals surface area contributed by atoms with E-state index in [1.54, 1.807) is 0 Å². The van der Waals surface area contributed by atoms with Crippen LogP contribution in [-0.2, 0) is 17.9 Å². The van der Waals surface area contributed by atoms with Gasteiger partial charge in [0.1, 0.15) is 5.82 Å². The second kappa shape index (κ2) is 5.03. The summed E-state index contributed by atoms with van der Waals surface area (Å²) in [5.41, 5.74) is -0.139. The number of amides is 1. The number of aromatic nitrogens is 3. The molecule has 0 bridgehead atoms. The van der Waals surface area contributed by atoms with Crippen molar-refractivity contribution in [2.75, 3.05) is 19.6 Å². The Kier molecular flexibility index (Phi) is 3.05. The highest BCUT2D eigenvalue weighted by molar-refractivity contribution is 5.84. The Hall–Kier alpha value is -1.43. The topological polar surface area (TPSA) is 63.1 Å². The minimum atomic E-state index is -0.139. The maximum atomic E-state index is 13.3. The zero-order valence-corrected chi connectivity index (χ0v) is 13.6. The molecule has 4 aliphatic rings. The van der Waals surface area contributed by atoms with Crippen LogP contribution < -0.4 is 5.32 Å². The van der Waals surface area contributed by atoms with Crippen LogP contribution in [0.25, 0.3) is 0 Å². The van der Waals surface area contributed by atoms with E-state index in [1.165, 1.54) is 32.1 Å². The van der Waals surface area contributed by atoms with Crippen molar-refractivity contribution < 1.29 is 4.79 Å². The maximum Gasteiger partial charge on any atom is 0.230 e. The van der Waals surface area contributed by atoms with Crippen molar-refractivity contribution in [3.8, 4) is 0 Å². The number of nitrogens with zero attached hydrogens (tertiary/aromatic N) is 4. The van der Waals surface area contributed by atoms with Gasteiger partial charge in [-0.05, 0) is 38.1 Å². The molecule has 0 unspecified atom stereocenters. The van der Waals surface area contributed by atoms with E-state index in [9.17, 15) is 4.79 Å². The lowest BCUT2D eigenvalue weighted by Gasteiger charge is -2.41. The van der Waals surface area contributed by atoms with Crippen LogP contribution in [0.15, 0.2) is 0 Å². The van der Waals surface area contributed by atoms with Crippen LogP contribution in [0.5, 0.6) is 0 Å². The van der Waals surface area contributed by atoms with Gasteiger partial charge in [-0.2, -0.15) is 0 Å². The van der Waals surface area contributed by atoms with Crippen molar-refractivity contribution >= 4 is 5.91 Å². The van der Waals surface area contributed by atoms with Gasteiger partial charge in [0.15, 0.2) is 5.82 Å². The van der Waals surface area contributed by atoms with E-state index in [0.717, 1.165) is 44.2 Å². The molecule has 3 heterocycles. The Balaban J connectivity index is 1.38. The van der Waals surface area contributed by atoms with Gasteiger partial charge in [0.25, 0.3) is 0 Å². The molecule has 23 heavy (non-hydrogen) atoms. The van der Waals surface area contributed by atoms with E-state index in [0.29, 0.717) is 24.3 Å². The zero-order valence-electron chi connectivity index (χ0n) is 13.6. The third kappa shape index (κ3) is 2.07. The first kappa shape index (κ1) is 14.0. The van der Waals surface area contributed by atoms with E-state index < -0.39 is 0 Å². The van der Waals surface area contributed by atoms with Gasteiger partial charge in [-0.25, -0.2) is 0 Å². The number of hydrogen-bond donors (Lipinski definition) is 1. The maximum absolute atomic E-state index is 13.3. The zero-order chi connectivity index (χ0) is 15.4. The predicted molar refractivity (Wildman–Crippen MR) is 84.7 cm³/mol. The van der Waals surface area contributed by atoms with E-state index in [-0.39, 0.29) is 5.41 Å². The highest BCUT2D eigenvalue weighted by Gasteiger charge is 2.51. The molecule has 2 atom stereocenters. The third-order valence-electron chi connectivity index (χ3n) is 6.48. The first-order valence-electron chi connectivity index (χ1n) is 9.20. The molecule has 1 aromatic heterocycles. The van der Waals surface area contributed by atoms with Gasteiger partial charge < -0.3 is 14.8 Å². The van der Waals surface area contributed by atoms with Crippen LogP contribution in [0.1, 0.15) is 56.1 Å². The van der Waals surface area contributed by atoms with Gasteiger partial charge in [-0.15, -0.1) is 10.2 Å². The second-order valence-corrected chi connectivity index (χ2v) is 7.86. The summed E-state index contributed by atoms with van der Waals surface area (Å²) in [5, 5.41) is 12.3. The highest BCUT2D eigenvalue weighted by atomic mass is 16.2. The molecule has 2 saturated carbocycles. The van der Waals surface area contributed by atoms with Gasteiger partial charge in [0, 0.05) is 25.6 Å². The monoisotopic (exact) mass is 315 g/mol. The van der Waals surface area contributed by atoms with Gasteiger partial charge in [-0.3, -0.25) is 4.79 Å². The summed E-state index contributed by atoms with van der Waals surface area (Å²) in [4.78, 5) is 15.4. The number of hydrogen-bond acceptors (Lipinski definition) is 4. The standard InChI is InChI=1S/C17H25N5O/c23-16(17-6-2-1-3-13(17)9-18-11-17)21-7-8-22-14(10-21)19-20-15(22)12-4-5-12/h12-13,18H,1-11H2/t13-,17+/m0/s1. The average molecular weight is 315 g/mol. The number of nitrogens with one attached hydrogen (secondary N) is 1. The quantitative estimate of drug-likeness (QED) is 0.893. The van der Waals surface area contributed by atoms with Crippen LogP contribution in [0.3, 0.4) is 0 Å². The highest BCUT2D eigenvalue weighted by Crippen LogP contribution is 2.45. The van der Waals surface area contributed by atoms with E-state index in [4.69, 9.17) is 0 Å². The lowest BCUT2D eigenvalue weighted by atomic mass is 9.67. The number of carbonyl (C=O) groups excluding carboxylic acids is 1. The summed E-state index contributed by atoms with van der Waals surface area (Å²) in [5.74, 6) is 3.67. The first-order chi connectivity index (χ1) is 11.3. The van der Waals surface area contributed by atoms with Crippen molar-refractivity contribution in [3.05, 3.63) is 11.6 Å². The Morgan fingerprint density at radius 2 is 2.09 bits per heavy atom. The normalized spacial score (nSPS) is 33.4. The largest absolute Gasteiger partial charge is 0.333 e. The number of rotatable bonds is 2. The molecular formula is C17H25N5O. The minimum absolute atomic E-state index is 0.139. The molecule has 5 rings (SSSR count). The summed E-state index contributed by atoms with van der Waals surface area (Å²) >= 11 is 0. The van der Waals surface area contributed by atoms with Crippen molar-refractivity contribution in [2.24, 2.45) is 11.3 Å². The fourth-order valence-corrected chi connectivity index (χ4v) is 4.98. The molecule has 124 valence electrons. The van der Waals surface area contributed by atoms with Crippen LogP contribution >= 0.6 is 0 Å². The molecule has 0 radical (unpaired) electrons. The minimum Gasteiger partial charge on any atom is -0.333 e. The first-order valence-corrected chi connectivity index (χ1v) is 9.20. The summed E-state index contributed by atoms with van der Waals surface area (Å²) < 4.78 is 2.27. The second-order valence-electron chi connectivity index (χ2n) is 7.86. The molecule has 0 aromatic carbocycles. The lowest BCUT2D eigenvalue weighted by molar-refractivity contribution is -0.147. The van der Waals surface area contributed by atoms with E-state index >= 15 is 0 Å². The molecule has 1 saturated heterocycles. The summed E-state index contributed by atoms with van der Waals surface area (Å²) in [6.07, 6.45) is 7.23. The van der Waals surface area contributed by atoms with E-state index in [2.05, 4.69) is 25.0 Å². The van der Waals surface area contributed by atoms with Crippen molar-refractivity contribution in [1.29, 1.82) is 0 Å². The molecule has 3 fully saturated rings. The van der Waals surface area contributed by atoms with Crippen LogP contribution in [0.4, 0.5) is 0 Å². The Labute approximate surface area is 136 Å². The Morgan fingerprint density at radius 3 is 2.96 bits per heavy atom. The molecule has 2 aliphatic carbocycles. The summed E-state index contributed by atoms with van der Waals surface area (Å²) in [6, 6.07) is 0. The van der Waals surface area contributed by atoms with Gasteiger partial charge in [-0.1, -0.05) is 12.8 Å².